The highest BCUT2D eigenvalue weighted by atomic mass is 15.3. The molecular formula is C12H22N4. The number of nitrogens with one attached hydrogen (secondary N) is 1. The first-order valence-corrected chi connectivity index (χ1v) is 6.27. The van der Waals surface area contributed by atoms with E-state index in [4.69, 9.17) is 5.73 Å². The number of hydrogen-bond donors (Lipinski definition) is 2. The molecule has 0 aromatic carbocycles. The SMILES string of the molecule is Cn1ncc2c1CCCC2NCCCCN. The molecule has 1 aromatic heterocycles. The van der Waals surface area contributed by atoms with E-state index in [1.807, 2.05) is 17.9 Å². The van der Waals surface area contributed by atoms with Gasteiger partial charge in [0.15, 0.2) is 0 Å². The second-order valence-electron chi connectivity index (χ2n) is 4.56. The molecule has 3 N–H and O–H groups in total. The number of nitrogens with zero attached hydrogens (tertiary/aromatic N) is 2. The normalized spacial score (nSPS) is 19.8. The lowest BCUT2D eigenvalue weighted by atomic mass is 9.93. The summed E-state index contributed by atoms with van der Waals surface area (Å²) in [6, 6.07) is 0.509. The smallest absolute Gasteiger partial charge is 0.0540 e. The lowest BCUT2D eigenvalue weighted by Crippen LogP contribution is -2.26. The Labute approximate surface area is 97.2 Å². The number of aromatic nitrogens is 2. The molecule has 0 saturated carbocycles. The van der Waals surface area contributed by atoms with E-state index in [1.165, 1.54) is 36.9 Å². The van der Waals surface area contributed by atoms with Crippen LogP contribution in [0, 0.1) is 0 Å². The monoisotopic (exact) mass is 222 g/mol. The van der Waals surface area contributed by atoms with Crippen LogP contribution in [-0.4, -0.2) is 22.9 Å². The summed E-state index contributed by atoms with van der Waals surface area (Å²) in [6.07, 6.45) is 7.98. The Hall–Kier alpha value is -0.870. The molecule has 0 spiro atoms. The molecule has 1 atom stereocenters. The van der Waals surface area contributed by atoms with Gasteiger partial charge in [-0.25, -0.2) is 0 Å². The highest BCUT2D eigenvalue weighted by Gasteiger charge is 2.22. The molecule has 90 valence electrons. The van der Waals surface area contributed by atoms with Crippen LogP contribution in [-0.2, 0) is 13.5 Å². The van der Waals surface area contributed by atoms with Crippen LogP contribution in [0.25, 0.3) is 0 Å². The van der Waals surface area contributed by atoms with Gasteiger partial charge in [0.1, 0.15) is 0 Å². The average molecular weight is 222 g/mol. The highest BCUT2D eigenvalue weighted by molar-refractivity contribution is 5.24. The molecule has 4 heteroatoms. The van der Waals surface area contributed by atoms with Crippen molar-refractivity contribution in [1.82, 2.24) is 15.1 Å². The molecule has 1 heterocycles. The van der Waals surface area contributed by atoms with Crippen LogP contribution in [0.15, 0.2) is 6.20 Å². The van der Waals surface area contributed by atoms with E-state index in [9.17, 15) is 0 Å². The van der Waals surface area contributed by atoms with E-state index in [0.29, 0.717) is 6.04 Å². The molecule has 2 rings (SSSR count). The van der Waals surface area contributed by atoms with Crippen molar-refractivity contribution in [1.29, 1.82) is 0 Å². The minimum atomic E-state index is 0.509. The molecule has 0 saturated heterocycles. The Balaban J connectivity index is 1.91. The van der Waals surface area contributed by atoms with E-state index in [2.05, 4.69) is 10.4 Å². The zero-order chi connectivity index (χ0) is 11.4. The van der Waals surface area contributed by atoms with Gasteiger partial charge in [0, 0.05) is 24.3 Å². The van der Waals surface area contributed by atoms with Crippen LogP contribution in [0.4, 0.5) is 0 Å². The van der Waals surface area contributed by atoms with Gasteiger partial charge < -0.3 is 11.1 Å². The van der Waals surface area contributed by atoms with Gasteiger partial charge >= 0.3 is 0 Å². The van der Waals surface area contributed by atoms with Crippen molar-refractivity contribution in [3.05, 3.63) is 17.5 Å². The van der Waals surface area contributed by atoms with Crippen molar-refractivity contribution < 1.29 is 0 Å². The first-order chi connectivity index (χ1) is 7.83. The van der Waals surface area contributed by atoms with E-state index in [1.54, 1.807) is 0 Å². The van der Waals surface area contributed by atoms with Crippen LogP contribution >= 0.6 is 0 Å². The summed E-state index contributed by atoms with van der Waals surface area (Å²) in [7, 11) is 2.04. The summed E-state index contributed by atoms with van der Waals surface area (Å²) >= 11 is 0. The third-order valence-electron chi connectivity index (χ3n) is 3.40. The predicted molar refractivity (Wildman–Crippen MR) is 65.2 cm³/mol. The summed E-state index contributed by atoms with van der Waals surface area (Å²) in [6.45, 7) is 1.86. The van der Waals surface area contributed by atoms with Gasteiger partial charge in [-0.05, 0) is 45.2 Å². The Morgan fingerprint density at radius 1 is 1.56 bits per heavy atom. The van der Waals surface area contributed by atoms with Crippen LogP contribution in [0.2, 0.25) is 0 Å². The van der Waals surface area contributed by atoms with Gasteiger partial charge in [0.2, 0.25) is 0 Å². The fourth-order valence-corrected chi connectivity index (χ4v) is 2.46. The number of unbranched alkanes of at least 4 members (excludes halogenated alkanes) is 1. The van der Waals surface area contributed by atoms with Crippen molar-refractivity contribution in [3.63, 3.8) is 0 Å². The average Bonchev–Trinajstić information content (AvgIpc) is 2.68. The van der Waals surface area contributed by atoms with Gasteiger partial charge in [0.25, 0.3) is 0 Å². The lowest BCUT2D eigenvalue weighted by molar-refractivity contribution is 0.446. The van der Waals surface area contributed by atoms with Gasteiger partial charge in [-0.3, -0.25) is 4.68 Å². The topological polar surface area (TPSA) is 55.9 Å². The second-order valence-corrected chi connectivity index (χ2v) is 4.56. The molecule has 4 nitrogen and oxygen atoms in total. The van der Waals surface area contributed by atoms with E-state index in [0.717, 1.165) is 19.5 Å². The number of fused-ring (bicyclic) bond motifs is 1. The Morgan fingerprint density at radius 2 is 2.44 bits per heavy atom. The molecule has 0 aliphatic heterocycles. The molecule has 1 aliphatic carbocycles. The standard InChI is InChI=1S/C12H22N4/c1-16-12-6-4-5-11(10(12)9-15-16)14-8-3-2-7-13/h9,11,14H,2-8,13H2,1H3. The summed E-state index contributed by atoms with van der Waals surface area (Å²) < 4.78 is 2.02. The maximum Gasteiger partial charge on any atom is 0.0540 e. The molecule has 1 aliphatic rings. The van der Waals surface area contributed by atoms with Crippen LogP contribution < -0.4 is 11.1 Å². The van der Waals surface area contributed by atoms with Gasteiger partial charge in [-0.15, -0.1) is 0 Å². The minimum Gasteiger partial charge on any atom is -0.330 e. The third kappa shape index (κ3) is 2.44. The van der Waals surface area contributed by atoms with Gasteiger partial charge in [0.05, 0.1) is 6.20 Å². The Kier molecular flexibility index (Phi) is 3.96. The molecule has 1 unspecified atom stereocenters. The van der Waals surface area contributed by atoms with E-state index in [-0.39, 0.29) is 0 Å². The van der Waals surface area contributed by atoms with Gasteiger partial charge in [-0.2, -0.15) is 5.10 Å². The summed E-state index contributed by atoms with van der Waals surface area (Å²) in [5, 5.41) is 7.97. The Bertz CT molecular complexity index is 332. The van der Waals surface area contributed by atoms with E-state index < -0.39 is 0 Å². The zero-order valence-electron chi connectivity index (χ0n) is 10.1. The quantitative estimate of drug-likeness (QED) is 0.734. The largest absolute Gasteiger partial charge is 0.330 e. The second kappa shape index (κ2) is 5.46. The van der Waals surface area contributed by atoms with Crippen molar-refractivity contribution in [3.8, 4) is 0 Å². The summed E-state index contributed by atoms with van der Waals surface area (Å²) in [5.74, 6) is 0. The van der Waals surface area contributed by atoms with Crippen molar-refractivity contribution >= 4 is 0 Å². The highest BCUT2D eigenvalue weighted by Crippen LogP contribution is 2.28. The maximum absolute atomic E-state index is 5.49. The zero-order valence-corrected chi connectivity index (χ0v) is 10.1. The molecular weight excluding hydrogens is 200 g/mol. The van der Waals surface area contributed by atoms with E-state index >= 15 is 0 Å². The maximum atomic E-state index is 5.49. The molecule has 0 fully saturated rings. The van der Waals surface area contributed by atoms with Crippen LogP contribution in [0.3, 0.4) is 0 Å². The lowest BCUT2D eigenvalue weighted by Gasteiger charge is -2.23. The number of hydrogen-bond acceptors (Lipinski definition) is 3. The fourth-order valence-electron chi connectivity index (χ4n) is 2.46. The molecule has 0 amide bonds. The minimum absolute atomic E-state index is 0.509. The summed E-state index contributed by atoms with van der Waals surface area (Å²) in [5.41, 5.74) is 8.30. The Morgan fingerprint density at radius 3 is 3.25 bits per heavy atom. The molecule has 0 radical (unpaired) electrons. The van der Waals surface area contributed by atoms with Crippen molar-refractivity contribution in [2.45, 2.75) is 38.1 Å². The molecule has 1 aromatic rings. The van der Waals surface area contributed by atoms with Crippen LogP contribution in [0.1, 0.15) is 43.0 Å². The van der Waals surface area contributed by atoms with Crippen LogP contribution in [0.5, 0.6) is 0 Å². The number of nitrogens with two attached hydrogens (primary N) is 1. The first-order valence-electron chi connectivity index (χ1n) is 6.27. The summed E-state index contributed by atoms with van der Waals surface area (Å²) in [4.78, 5) is 0. The first kappa shape index (κ1) is 11.6. The third-order valence-corrected chi connectivity index (χ3v) is 3.40. The molecule has 0 bridgehead atoms. The fraction of sp³-hybridized carbons (Fsp3) is 0.750. The van der Waals surface area contributed by atoms with Crippen molar-refractivity contribution in [2.24, 2.45) is 12.8 Å². The molecule has 16 heavy (non-hydrogen) atoms. The van der Waals surface area contributed by atoms with Crippen molar-refractivity contribution in [2.75, 3.05) is 13.1 Å². The predicted octanol–water partition coefficient (Wildman–Crippen LogP) is 1.13. The van der Waals surface area contributed by atoms with Gasteiger partial charge in [-0.1, -0.05) is 0 Å². The number of aryl methyl sites for hydroxylation is 1. The number of rotatable bonds is 5.